The number of rotatable bonds is 9. The average molecular weight is 510 g/mol. The number of nitrogens with zero attached hydrogens (tertiary/aromatic N) is 2. The third kappa shape index (κ3) is 6.63. The van der Waals surface area contributed by atoms with Crippen LogP contribution in [0, 0.1) is 5.82 Å². The number of aromatic nitrogens is 2. The Hall–Kier alpha value is -4.41. The minimum Gasteiger partial charge on any atom is -0.465 e. The summed E-state index contributed by atoms with van der Waals surface area (Å²) >= 11 is 0. The van der Waals surface area contributed by atoms with Crippen molar-refractivity contribution in [2.45, 2.75) is 38.3 Å². The molecule has 1 fully saturated rings. The fourth-order valence-electron chi connectivity index (χ4n) is 4.32. The van der Waals surface area contributed by atoms with Crippen molar-refractivity contribution in [2.24, 2.45) is 0 Å². The number of likely N-dealkylation sites (tertiary alicyclic amines) is 1. The van der Waals surface area contributed by atoms with Gasteiger partial charge in [-0.2, -0.15) is 0 Å². The summed E-state index contributed by atoms with van der Waals surface area (Å²) in [5.41, 5.74) is 0.914. The Bertz CT molecular complexity index is 1390. The highest BCUT2D eigenvalue weighted by molar-refractivity contribution is 5.96. The van der Waals surface area contributed by atoms with Crippen molar-refractivity contribution in [2.75, 3.05) is 18.4 Å². The van der Waals surface area contributed by atoms with Crippen LogP contribution in [0.4, 0.5) is 14.9 Å². The molecule has 3 amide bonds. The Morgan fingerprint density at radius 3 is 2.70 bits per heavy atom. The maximum absolute atomic E-state index is 13.5. The van der Waals surface area contributed by atoms with Crippen LogP contribution in [0.1, 0.15) is 31.4 Å². The molecule has 194 valence electrons. The lowest BCUT2D eigenvalue weighted by Crippen LogP contribution is -2.44. The SMILES string of the molecule is O=C(O)NC(CCC=CC(=O)N1CCCC1)C(=O)Nc1cccn(Cc2cc3cc(F)ccc3[nH]2)c1=O. The number of H-pyrrole nitrogens is 1. The molecule has 11 heteroatoms. The predicted molar refractivity (Wildman–Crippen MR) is 136 cm³/mol. The lowest BCUT2D eigenvalue weighted by atomic mass is 10.1. The summed E-state index contributed by atoms with van der Waals surface area (Å²) in [6, 6.07) is 7.98. The van der Waals surface area contributed by atoms with Crippen LogP contribution >= 0.6 is 0 Å². The summed E-state index contributed by atoms with van der Waals surface area (Å²) in [5, 5.41) is 14.5. The van der Waals surface area contributed by atoms with E-state index in [-0.39, 0.29) is 36.8 Å². The predicted octanol–water partition coefficient (Wildman–Crippen LogP) is 3.05. The maximum atomic E-state index is 13.5. The summed E-state index contributed by atoms with van der Waals surface area (Å²) in [4.78, 5) is 54.0. The fraction of sp³-hybridized carbons (Fsp3) is 0.308. The molecule has 1 saturated heterocycles. The van der Waals surface area contributed by atoms with E-state index in [0.717, 1.165) is 31.4 Å². The van der Waals surface area contributed by atoms with Gasteiger partial charge in [0.05, 0.1) is 6.54 Å². The van der Waals surface area contributed by atoms with Crippen molar-refractivity contribution in [1.82, 2.24) is 19.8 Å². The quantitative estimate of drug-likeness (QED) is 0.329. The van der Waals surface area contributed by atoms with E-state index >= 15 is 0 Å². The molecule has 0 radical (unpaired) electrons. The van der Waals surface area contributed by atoms with E-state index in [1.165, 1.54) is 28.8 Å². The highest BCUT2D eigenvalue weighted by atomic mass is 19.1. The fourth-order valence-corrected chi connectivity index (χ4v) is 4.32. The number of fused-ring (bicyclic) bond motifs is 1. The number of carbonyl (C=O) groups excluding carboxylic acids is 2. The zero-order valence-electron chi connectivity index (χ0n) is 20.1. The minimum atomic E-state index is -1.38. The van der Waals surface area contributed by atoms with Gasteiger partial charge in [-0.15, -0.1) is 0 Å². The van der Waals surface area contributed by atoms with Gasteiger partial charge in [-0.25, -0.2) is 9.18 Å². The van der Waals surface area contributed by atoms with Crippen LogP contribution in [0.15, 0.2) is 59.5 Å². The largest absolute Gasteiger partial charge is 0.465 e. The number of allylic oxidation sites excluding steroid dienone is 1. The number of anilines is 1. The van der Waals surface area contributed by atoms with E-state index in [1.807, 2.05) is 0 Å². The molecule has 1 aromatic carbocycles. The van der Waals surface area contributed by atoms with E-state index < -0.39 is 23.6 Å². The minimum absolute atomic E-state index is 0.00778. The van der Waals surface area contributed by atoms with Gasteiger partial charge in [0.2, 0.25) is 11.8 Å². The number of hydrogen-bond donors (Lipinski definition) is 4. The summed E-state index contributed by atoms with van der Waals surface area (Å²) in [6.45, 7) is 1.61. The maximum Gasteiger partial charge on any atom is 0.405 e. The van der Waals surface area contributed by atoms with Crippen molar-refractivity contribution in [3.8, 4) is 0 Å². The summed E-state index contributed by atoms with van der Waals surface area (Å²) < 4.78 is 14.9. The number of carboxylic acid groups (broad SMARTS) is 1. The van der Waals surface area contributed by atoms with Crippen LogP contribution in [0.2, 0.25) is 0 Å². The van der Waals surface area contributed by atoms with Gasteiger partial charge in [0.15, 0.2) is 0 Å². The molecule has 37 heavy (non-hydrogen) atoms. The topological polar surface area (TPSA) is 137 Å². The van der Waals surface area contributed by atoms with Crippen molar-refractivity contribution in [3.63, 3.8) is 0 Å². The van der Waals surface area contributed by atoms with Crippen LogP contribution < -0.4 is 16.2 Å². The number of pyridine rings is 1. The van der Waals surface area contributed by atoms with Crippen molar-refractivity contribution < 1.29 is 23.9 Å². The molecule has 0 saturated carbocycles. The monoisotopic (exact) mass is 509 g/mol. The van der Waals surface area contributed by atoms with Gasteiger partial charge in [-0.3, -0.25) is 14.4 Å². The first-order valence-electron chi connectivity index (χ1n) is 12.0. The third-order valence-electron chi connectivity index (χ3n) is 6.17. The van der Waals surface area contributed by atoms with E-state index in [1.54, 1.807) is 35.4 Å². The zero-order chi connectivity index (χ0) is 26.4. The number of aromatic amines is 1. The Morgan fingerprint density at radius 2 is 1.95 bits per heavy atom. The molecule has 10 nitrogen and oxygen atoms in total. The van der Waals surface area contributed by atoms with E-state index in [9.17, 15) is 23.6 Å². The van der Waals surface area contributed by atoms with Gasteiger partial charge < -0.3 is 30.2 Å². The number of nitrogens with one attached hydrogen (secondary N) is 3. The molecule has 1 aliphatic heterocycles. The molecule has 2 aromatic heterocycles. The first-order chi connectivity index (χ1) is 17.8. The molecule has 3 aromatic rings. The highest BCUT2D eigenvalue weighted by Crippen LogP contribution is 2.17. The molecule has 0 aliphatic carbocycles. The second-order valence-electron chi connectivity index (χ2n) is 8.88. The first kappa shape index (κ1) is 25.7. The molecule has 0 spiro atoms. The van der Waals surface area contributed by atoms with Crippen LogP contribution in [-0.4, -0.2) is 56.6 Å². The normalized spacial score (nSPS) is 14.2. The average Bonchev–Trinajstić information content (AvgIpc) is 3.53. The first-order valence-corrected chi connectivity index (χ1v) is 12.0. The third-order valence-corrected chi connectivity index (χ3v) is 6.17. The van der Waals surface area contributed by atoms with Crippen molar-refractivity contribution >= 4 is 34.5 Å². The number of benzene rings is 1. The van der Waals surface area contributed by atoms with Crippen molar-refractivity contribution in [3.05, 3.63) is 76.6 Å². The zero-order valence-corrected chi connectivity index (χ0v) is 20.1. The van der Waals surface area contributed by atoms with E-state index in [0.29, 0.717) is 11.1 Å². The van der Waals surface area contributed by atoms with Crippen LogP contribution in [-0.2, 0) is 16.1 Å². The lowest BCUT2D eigenvalue weighted by Gasteiger charge is -2.16. The standard InChI is InChI=1S/C26H28FN5O5/c27-18-9-10-20-17(14-18)15-19(28-20)16-32-13-5-7-22(25(32)35)29-24(34)21(30-26(36)37)6-1-2-8-23(33)31-11-3-4-12-31/h2,5,7-10,13-15,21,28,30H,1,3-4,6,11-12,16H2,(H,29,34)(H,36,37). The van der Waals surface area contributed by atoms with Crippen LogP contribution in [0.5, 0.6) is 0 Å². The molecular weight excluding hydrogens is 481 g/mol. The lowest BCUT2D eigenvalue weighted by molar-refractivity contribution is -0.125. The molecule has 3 heterocycles. The van der Waals surface area contributed by atoms with Gasteiger partial charge in [-0.1, -0.05) is 6.08 Å². The van der Waals surface area contributed by atoms with E-state index in [4.69, 9.17) is 5.11 Å². The Labute approximate surface area is 211 Å². The van der Waals surface area contributed by atoms with Gasteiger partial charge in [0.1, 0.15) is 17.5 Å². The number of carbonyl (C=O) groups is 3. The summed E-state index contributed by atoms with van der Waals surface area (Å²) in [7, 11) is 0. The smallest absolute Gasteiger partial charge is 0.405 e. The highest BCUT2D eigenvalue weighted by Gasteiger charge is 2.21. The molecule has 4 N–H and O–H groups in total. The Morgan fingerprint density at radius 1 is 1.16 bits per heavy atom. The Kier molecular flexibility index (Phi) is 8.02. The van der Waals surface area contributed by atoms with Crippen LogP contribution in [0.25, 0.3) is 10.9 Å². The van der Waals surface area contributed by atoms with Gasteiger partial charge in [-0.05, 0) is 68.2 Å². The van der Waals surface area contributed by atoms with Crippen molar-refractivity contribution in [1.29, 1.82) is 0 Å². The number of halogens is 1. The molecule has 0 bridgehead atoms. The molecule has 1 atom stereocenters. The molecule has 1 aliphatic rings. The number of amides is 3. The van der Waals surface area contributed by atoms with Gasteiger partial charge >= 0.3 is 6.09 Å². The van der Waals surface area contributed by atoms with Gasteiger partial charge in [0.25, 0.3) is 5.56 Å². The summed E-state index contributed by atoms with van der Waals surface area (Å²) in [5.74, 6) is -1.15. The molecule has 4 rings (SSSR count). The second kappa shape index (κ2) is 11.5. The Balaban J connectivity index is 1.41. The summed E-state index contributed by atoms with van der Waals surface area (Å²) in [6.07, 6.45) is 5.59. The second-order valence-corrected chi connectivity index (χ2v) is 8.88. The molecule has 1 unspecified atom stereocenters. The van der Waals surface area contributed by atoms with E-state index in [2.05, 4.69) is 15.6 Å². The number of hydrogen-bond acceptors (Lipinski definition) is 4. The van der Waals surface area contributed by atoms with Crippen LogP contribution in [0.3, 0.4) is 0 Å². The molecular formula is C26H28FN5O5. The van der Waals surface area contributed by atoms with Gasteiger partial charge in [0, 0.05) is 35.9 Å².